The van der Waals surface area contributed by atoms with E-state index in [4.69, 9.17) is 4.74 Å². The van der Waals surface area contributed by atoms with Crippen LogP contribution >= 0.6 is 15.9 Å². The van der Waals surface area contributed by atoms with Crippen LogP contribution < -0.4 is 4.74 Å². The van der Waals surface area contributed by atoms with Gasteiger partial charge in [-0.25, -0.2) is 9.97 Å². The van der Waals surface area contributed by atoms with E-state index in [0.717, 1.165) is 34.3 Å². The summed E-state index contributed by atoms with van der Waals surface area (Å²) < 4.78 is 6.82. The first-order valence-corrected chi connectivity index (χ1v) is 6.73. The van der Waals surface area contributed by atoms with E-state index < -0.39 is 0 Å². The molecule has 1 heterocycles. The maximum Gasteiger partial charge on any atom is 0.222 e. The van der Waals surface area contributed by atoms with Crippen molar-refractivity contribution in [3.05, 3.63) is 46.3 Å². The highest BCUT2D eigenvalue weighted by atomic mass is 79.9. The minimum atomic E-state index is 0.596. The van der Waals surface area contributed by atoms with Crippen LogP contribution in [-0.4, -0.2) is 9.97 Å². The van der Waals surface area contributed by atoms with Gasteiger partial charge in [0.25, 0.3) is 0 Å². The van der Waals surface area contributed by atoms with Gasteiger partial charge in [-0.05, 0) is 37.1 Å². The zero-order valence-electron chi connectivity index (χ0n) is 10.5. The van der Waals surface area contributed by atoms with E-state index in [1.165, 1.54) is 0 Å². The summed E-state index contributed by atoms with van der Waals surface area (Å²) in [7, 11) is 0. The highest BCUT2D eigenvalue weighted by molar-refractivity contribution is 9.10. The molecule has 4 heteroatoms. The molecule has 0 bridgehead atoms. The van der Waals surface area contributed by atoms with Crippen LogP contribution in [0, 0.1) is 6.92 Å². The second-order valence-corrected chi connectivity index (χ2v) is 5.03. The Morgan fingerprint density at radius 3 is 2.78 bits per heavy atom. The van der Waals surface area contributed by atoms with Gasteiger partial charge >= 0.3 is 0 Å². The van der Waals surface area contributed by atoms with E-state index >= 15 is 0 Å². The molecule has 0 atom stereocenters. The minimum Gasteiger partial charge on any atom is -0.439 e. The van der Waals surface area contributed by atoms with Crippen molar-refractivity contribution >= 4 is 15.9 Å². The van der Waals surface area contributed by atoms with Gasteiger partial charge < -0.3 is 4.74 Å². The summed E-state index contributed by atoms with van der Waals surface area (Å²) >= 11 is 3.43. The molecule has 0 aliphatic carbocycles. The molecule has 0 fully saturated rings. The van der Waals surface area contributed by atoms with Crippen LogP contribution in [0.5, 0.6) is 11.6 Å². The molecule has 2 aromatic rings. The zero-order valence-corrected chi connectivity index (χ0v) is 12.1. The third-order valence-corrected chi connectivity index (χ3v) is 3.05. The van der Waals surface area contributed by atoms with Gasteiger partial charge in [0.2, 0.25) is 5.88 Å². The van der Waals surface area contributed by atoms with Crippen LogP contribution in [0.4, 0.5) is 0 Å². The average molecular weight is 307 g/mol. The highest BCUT2D eigenvalue weighted by Crippen LogP contribution is 2.26. The van der Waals surface area contributed by atoms with Crippen LogP contribution in [-0.2, 0) is 6.42 Å². The van der Waals surface area contributed by atoms with E-state index in [-0.39, 0.29) is 0 Å². The predicted molar refractivity (Wildman–Crippen MR) is 75.0 cm³/mol. The molecule has 1 aromatic carbocycles. The fraction of sp³-hybridized carbons (Fsp3) is 0.286. The molecule has 18 heavy (non-hydrogen) atoms. The number of aromatic nitrogens is 2. The summed E-state index contributed by atoms with van der Waals surface area (Å²) in [5.74, 6) is 1.42. The number of hydrogen-bond donors (Lipinski definition) is 0. The number of halogens is 1. The Morgan fingerprint density at radius 1 is 1.22 bits per heavy atom. The first-order chi connectivity index (χ1) is 8.69. The van der Waals surface area contributed by atoms with Crippen molar-refractivity contribution in [1.29, 1.82) is 0 Å². The van der Waals surface area contributed by atoms with E-state index in [1.54, 1.807) is 6.33 Å². The largest absolute Gasteiger partial charge is 0.439 e. The summed E-state index contributed by atoms with van der Waals surface area (Å²) in [4.78, 5) is 8.34. The molecule has 0 radical (unpaired) electrons. The lowest BCUT2D eigenvalue weighted by molar-refractivity contribution is 0.456. The molecule has 94 valence electrons. The second-order valence-electron chi connectivity index (χ2n) is 4.11. The Balaban J connectivity index is 2.20. The van der Waals surface area contributed by atoms with Crippen molar-refractivity contribution < 1.29 is 4.74 Å². The normalized spacial score (nSPS) is 10.4. The van der Waals surface area contributed by atoms with Gasteiger partial charge in [0.1, 0.15) is 12.1 Å². The van der Waals surface area contributed by atoms with Crippen LogP contribution in [0.1, 0.15) is 24.6 Å². The molecule has 0 N–H and O–H groups in total. The standard InChI is InChI=1S/C14H15BrN2O/c1-3-4-12-8-14(17-9-16-12)18-13-6-5-11(15)7-10(13)2/h5-9H,3-4H2,1-2H3. The lowest BCUT2D eigenvalue weighted by Gasteiger charge is -2.08. The van der Waals surface area contributed by atoms with E-state index in [0.29, 0.717) is 5.88 Å². The third-order valence-electron chi connectivity index (χ3n) is 2.56. The molecule has 0 saturated carbocycles. The van der Waals surface area contributed by atoms with Gasteiger partial charge in [0.15, 0.2) is 0 Å². The van der Waals surface area contributed by atoms with Gasteiger partial charge in [-0.1, -0.05) is 29.3 Å². The summed E-state index contributed by atoms with van der Waals surface area (Å²) in [6.45, 7) is 4.13. The van der Waals surface area contributed by atoms with E-state index in [9.17, 15) is 0 Å². The van der Waals surface area contributed by atoms with Crippen molar-refractivity contribution in [1.82, 2.24) is 9.97 Å². The first-order valence-electron chi connectivity index (χ1n) is 5.94. The van der Waals surface area contributed by atoms with Gasteiger partial charge in [-0.2, -0.15) is 0 Å². The van der Waals surface area contributed by atoms with Crippen LogP contribution in [0.25, 0.3) is 0 Å². The van der Waals surface area contributed by atoms with Crippen LogP contribution in [0.2, 0.25) is 0 Å². The fourth-order valence-electron chi connectivity index (χ4n) is 1.67. The maximum absolute atomic E-state index is 5.78. The Kier molecular flexibility index (Phi) is 4.31. The number of hydrogen-bond acceptors (Lipinski definition) is 3. The summed E-state index contributed by atoms with van der Waals surface area (Å²) in [6.07, 6.45) is 3.56. The monoisotopic (exact) mass is 306 g/mol. The first kappa shape index (κ1) is 13.0. The van der Waals surface area contributed by atoms with Crippen molar-refractivity contribution in [3.8, 4) is 11.6 Å². The Bertz CT molecular complexity index is 543. The van der Waals surface area contributed by atoms with Crippen LogP contribution in [0.3, 0.4) is 0 Å². The van der Waals surface area contributed by atoms with Crippen LogP contribution in [0.15, 0.2) is 35.1 Å². The maximum atomic E-state index is 5.78. The summed E-state index contributed by atoms with van der Waals surface area (Å²) in [5, 5.41) is 0. The van der Waals surface area contributed by atoms with Crippen molar-refractivity contribution in [3.63, 3.8) is 0 Å². The second kappa shape index (κ2) is 5.96. The Hall–Kier alpha value is -1.42. The molecule has 0 saturated heterocycles. The number of rotatable bonds is 4. The smallest absolute Gasteiger partial charge is 0.222 e. The Morgan fingerprint density at radius 2 is 2.06 bits per heavy atom. The van der Waals surface area contributed by atoms with Gasteiger partial charge in [0.05, 0.1) is 0 Å². The number of benzene rings is 1. The zero-order chi connectivity index (χ0) is 13.0. The topological polar surface area (TPSA) is 35.0 Å². The molecule has 2 rings (SSSR count). The number of aryl methyl sites for hydroxylation is 2. The quantitative estimate of drug-likeness (QED) is 0.845. The number of nitrogens with zero attached hydrogens (tertiary/aromatic N) is 2. The number of ether oxygens (including phenoxy) is 1. The molecular formula is C14H15BrN2O. The highest BCUT2D eigenvalue weighted by Gasteiger charge is 2.04. The van der Waals surface area contributed by atoms with E-state index in [2.05, 4.69) is 32.8 Å². The third kappa shape index (κ3) is 3.29. The van der Waals surface area contributed by atoms with Gasteiger partial charge in [-0.15, -0.1) is 0 Å². The molecular weight excluding hydrogens is 292 g/mol. The molecule has 1 aromatic heterocycles. The molecule has 0 amide bonds. The lowest BCUT2D eigenvalue weighted by atomic mass is 10.2. The minimum absolute atomic E-state index is 0.596. The Labute approximate surface area is 115 Å². The lowest BCUT2D eigenvalue weighted by Crippen LogP contribution is -1.95. The fourth-order valence-corrected chi connectivity index (χ4v) is 2.14. The van der Waals surface area contributed by atoms with Crippen molar-refractivity contribution in [2.75, 3.05) is 0 Å². The average Bonchev–Trinajstić information content (AvgIpc) is 2.34. The summed E-state index contributed by atoms with van der Waals surface area (Å²) in [6, 6.07) is 7.80. The van der Waals surface area contributed by atoms with Gasteiger partial charge in [0, 0.05) is 16.2 Å². The predicted octanol–water partition coefficient (Wildman–Crippen LogP) is 4.29. The molecule has 0 unspecified atom stereocenters. The van der Waals surface area contributed by atoms with Crippen molar-refractivity contribution in [2.45, 2.75) is 26.7 Å². The van der Waals surface area contributed by atoms with E-state index in [1.807, 2.05) is 31.2 Å². The molecule has 3 nitrogen and oxygen atoms in total. The van der Waals surface area contributed by atoms with Gasteiger partial charge in [-0.3, -0.25) is 0 Å². The molecule has 0 aliphatic heterocycles. The molecule has 0 spiro atoms. The summed E-state index contributed by atoms with van der Waals surface area (Å²) in [5.41, 5.74) is 2.08. The van der Waals surface area contributed by atoms with Crippen molar-refractivity contribution in [2.24, 2.45) is 0 Å². The molecule has 0 aliphatic rings. The SMILES string of the molecule is CCCc1cc(Oc2ccc(Br)cc2C)ncn1.